The van der Waals surface area contributed by atoms with Crippen LogP contribution in [0, 0.1) is 5.82 Å². The highest BCUT2D eigenvalue weighted by Gasteiger charge is 2.22. The summed E-state index contributed by atoms with van der Waals surface area (Å²) in [5.41, 5.74) is -0.119. The molecule has 2 N–H and O–H groups in total. The maximum atomic E-state index is 13.5. The van der Waals surface area contributed by atoms with Gasteiger partial charge in [-0.15, -0.1) is 0 Å². The second kappa shape index (κ2) is 5.35. The van der Waals surface area contributed by atoms with Gasteiger partial charge in [0.2, 0.25) is 0 Å². The molecule has 0 radical (unpaired) electrons. The van der Waals surface area contributed by atoms with E-state index >= 15 is 0 Å². The number of aliphatic hydroxyl groups excluding tert-OH is 1. The fourth-order valence-corrected chi connectivity index (χ4v) is 2.13. The third-order valence-electron chi connectivity index (χ3n) is 3.17. The highest BCUT2D eigenvalue weighted by atomic mass is 19.1. The molecule has 1 aromatic carbocycles. The van der Waals surface area contributed by atoms with Crippen LogP contribution in [0.5, 0.6) is 5.75 Å². The molecule has 4 nitrogen and oxygen atoms in total. The Bertz CT molecular complexity index is 450. The summed E-state index contributed by atoms with van der Waals surface area (Å²) in [5, 5.41) is 18.8. The Kier molecular flexibility index (Phi) is 3.81. The molecule has 18 heavy (non-hydrogen) atoms. The molecular formula is C13H16FNO3. The smallest absolute Gasteiger partial charge is 0.256 e. The molecule has 1 saturated heterocycles. The van der Waals surface area contributed by atoms with Crippen molar-refractivity contribution in [3.05, 3.63) is 29.6 Å². The Balaban J connectivity index is 2.17. The van der Waals surface area contributed by atoms with Crippen molar-refractivity contribution in [3.8, 4) is 5.75 Å². The number of amides is 1. The Morgan fingerprint density at radius 2 is 2.11 bits per heavy atom. The lowest BCUT2D eigenvalue weighted by atomic mass is 10.1. The van der Waals surface area contributed by atoms with Crippen LogP contribution in [-0.2, 0) is 0 Å². The summed E-state index contributed by atoms with van der Waals surface area (Å²) in [6, 6.07) is 3.42. The number of phenols is 1. The number of phenolic OH excluding ortho intramolecular Hbond substituents is 1. The number of benzene rings is 1. The van der Waals surface area contributed by atoms with Crippen LogP contribution >= 0.6 is 0 Å². The van der Waals surface area contributed by atoms with E-state index in [0.29, 0.717) is 32.4 Å². The summed E-state index contributed by atoms with van der Waals surface area (Å²) in [4.78, 5) is 13.6. The van der Waals surface area contributed by atoms with E-state index < -0.39 is 17.8 Å². The topological polar surface area (TPSA) is 60.8 Å². The van der Waals surface area contributed by atoms with Gasteiger partial charge < -0.3 is 15.1 Å². The summed E-state index contributed by atoms with van der Waals surface area (Å²) in [7, 11) is 0. The molecule has 98 valence electrons. The van der Waals surface area contributed by atoms with Crippen molar-refractivity contribution in [2.24, 2.45) is 0 Å². The lowest BCUT2D eigenvalue weighted by Gasteiger charge is -2.20. The van der Waals surface area contributed by atoms with Crippen molar-refractivity contribution in [1.82, 2.24) is 4.90 Å². The molecule has 1 heterocycles. The molecule has 0 bridgehead atoms. The van der Waals surface area contributed by atoms with E-state index in [1.165, 1.54) is 11.0 Å². The molecule has 2 rings (SSSR count). The second-order valence-corrected chi connectivity index (χ2v) is 4.54. The number of nitrogens with zero attached hydrogens (tertiary/aromatic N) is 1. The minimum Gasteiger partial charge on any atom is -0.508 e. The minimum atomic E-state index is -0.636. The average Bonchev–Trinajstić information content (AvgIpc) is 2.56. The maximum Gasteiger partial charge on any atom is 0.256 e. The molecule has 1 atom stereocenters. The van der Waals surface area contributed by atoms with Gasteiger partial charge in [-0.25, -0.2) is 4.39 Å². The van der Waals surface area contributed by atoms with Gasteiger partial charge >= 0.3 is 0 Å². The van der Waals surface area contributed by atoms with Crippen LogP contribution in [0.2, 0.25) is 0 Å². The van der Waals surface area contributed by atoms with Gasteiger partial charge in [0.15, 0.2) is 0 Å². The quantitative estimate of drug-likeness (QED) is 0.797. The van der Waals surface area contributed by atoms with Crippen LogP contribution < -0.4 is 0 Å². The predicted octanol–water partition coefficient (Wildman–Crippen LogP) is 1.52. The van der Waals surface area contributed by atoms with E-state index in [4.69, 9.17) is 0 Å². The Labute approximate surface area is 105 Å². The van der Waals surface area contributed by atoms with Gasteiger partial charge in [0.1, 0.15) is 11.6 Å². The van der Waals surface area contributed by atoms with Gasteiger partial charge in [-0.2, -0.15) is 0 Å². The van der Waals surface area contributed by atoms with Gasteiger partial charge in [-0.1, -0.05) is 0 Å². The lowest BCUT2D eigenvalue weighted by Crippen LogP contribution is -2.32. The minimum absolute atomic E-state index is 0.119. The van der Waals surface area contributed by atoms with Gasteiger partial charge in [-0.3, -0.25) is 4.79 Å². The maximum absolute atomic E-state index is 13.5. The van der Waals surface area contributed by atoms with Crippen LogP contribution in [-0.4, -0.2) is 40.2 Å². The molecule has 0 unspecified atom stereocenters. The summed E-state index contributed by atoms with van der Waals surface area (Å²) in [6.45, 7) is 0.917. The number of aliphatic hydroxyl groups is 1. The highest BCUT2D eigenvalue weighted by Crippen LogP contribution is 2.19. The third-order valence-corrected chi connectivity index (χ3v) is 3.17. The average molecular weight is 253 g/mol. The molecule has 1 aromatic rings. The standard InChI is InChI=1S/C13H16FNO3/c14-12-4-3-10(17)8-11(12)13(18)15-6-1-2-9(16)5-7-15/h3-4,8-9,16-17H,1-2,5-7H2/t9-/m1/s1. The van der Waals surface area contributed by atoms with E-state index in [2.05, 4.69) is 0 Å². The molecule has 0 saturated carbocycles. The first kappa shape index (κ1) is 12.8. The number of hydrogen-bond donors (Lipinski definition) is 2. The number of rotatable bonds is 1. The van der Waals surface area contributed by atoms with Crippen molar-refractivity contribution < 1.29 is 19.4 Å². The molecule has 1 fully saturated rings. The van der Waals surface area contributed by atoms with Gasteiger partial charge in [0, 0.05) is 13.1 Å². The van der Waals surface area contributed by atoms with Crippen molar-refractivity contribution >= 4 is 5.91 Å². The highest BCUT2D eigenvalue weighted by molar-refractivity contribution is 5.94. The first-order valence-corrected chi connectivity index (χ1v) is 6.04. The predicted molar refractivity (Wildman–Crippen MR) is 63.8 cm³/mol. The largest absolute Gasteiger partial charge is 0.508 e. The normalized spacial score (nSPS) is 20.6. The van der Waals surface area contributed by atoms with Crippen LogP contribution in [0.15, 0.2) is 18.2 Å². The second-order valence-electron chi connectivity index (χ2n) is 4.54. The molecule has 0 spiro atoms. The first-order chi connectivity index (χ1) is 8.58. The van der Waals surface area contributed by atoms with Crippen molar-refractivity contribution in [2.75, 3.05) is 13.1 Å². The van der Waals surface area contributed by atoms with Crippen LogP contribution in [0.4, 0.5) is 4.39 Å². The molecule has 1 aliphatic heterocycles. The molecule has 0 aliphatic carbocycles. The van der Waals surface area contributed by atoms with Crippen LogP contribution in [0.1, 0.15) is 29.6 Å². The fraction of sp³-hybridized carbons (Fsp3) is 0.462. The van der Waals surface area contributed by atoms with E-state index in [1.54, 1.807) is 0 Å². The van der Waals surface area contributed by atoms with E-state index in [1.807, 2.05) is 0 Å². The number of carbonyl (C=O) groups is 1. The number of halogens is 1. The van der Waals surface area contributed by atoms with Gasteiger partial charge in [0.05, 0.1) is 11.7 Å². The summed E-state index contributed by atoms with van der Waals surface area (Å²) >= 11 is 0. The summed E-state index contributed by atoms with van der Waals surface area (Å²) < 4.78 is 13.5. The van der Waals surface area contributed by atoms with Gasteiger partial charge in [0.25, 0.3) is 5.91 Å². The first-order valence-electron chi connectivity index (χ1n) is 6.04. The Hall–Kier alpha value is -1.62. The number of carbonyl (C=O) groups excluding carboxylic acids is 1. The molecule has 1 amide bonds. The Morgan fingerprint density at radius 1 is 1.33 bits per heavy atom. The van der Waals surface area contributed by atoms with Crippen molar-refractivity contribution in [1.29, 1.82) is 0 Å². The zero-order valence-electron chi connectivity index (χ0n) is 9.97. The summed E-state index contributed by atoms with van der Waals surface area (Å²) in [5.74, 6) is -1.20. The number of likely N-dealkylation sites (tertiary alicyclic amines) is 1. The number of hydrogen-bond acceptors (Lipinski definition) is 3. The fourth-order valence-electron chi connectivity index (χ4n) is 2.13. The lowest BCUT2D eigenvalue weighted by molar-refractivity contribution is 0.0748. The van der Waals surface area contributed by atoms with Crippen LogP contribution in [0.3, 0.4) is 0 Å². The van der Waals surface area contributed by atoms with Crippen molar-refractivity contribution in [2.45, 2.75) is 25.4 Å². The zero-order valence-corrected chi connectivity index (χ0v) is 9.97. The van der Waals surface area contributed by atoms with Crippen LogP contribution in [0.25, 0.3) is 0 Å². The monoisotopic (exact) mass is 253 g/mol. The Morgan fingerprint density at radius 3 is 2.89 bits per heavy atom. The molecule has 0 aromatic heterocycles. The zero-order chi connectivity index (χ0) is 13.1. The van der Waals surface area contributed by atoms with Gasteiger partial charge in [-0.05, 0) is 37.5 Å². The molecular weight excluding hydrogens is 237 g/mol. The summed E-state index contributed by atoms with van der Waals surface area (Å²) in [6.07, 6.45) is 1.48. The third kappa shape index (κ3) is 2.79. The van der Waals surface area contributed by atoms with E-state index in [9.17, 15) is 19.4 Å². The van der Waals surface area contributed by atoms with E-state index in [0.717, 1.165) is 12.1 Å². The SMILES string of the molecule is O=C(c1cc(O)ccc1F)N1CCC[C@@H](O)CC1. The van der Waals surface area contributed by atoms with Crippen molar-refractivity contribution in [3.63, 3.8) is 0 Å². The number of aromatic hydroxyl groups is 1. The molecule has 1 aliphatic rings. The van der Waals surface area contributed by atoms with E-state index in [-0.39, 0.29) is 11.3 Å². The molecule has 5 heteroatoms.